The average Bonchev–Trinajstić information content (AvgIpc) is 2.50. The molecule has 0 aromatic carbocycles. The molecule has 2 atom stereocenters. The highest BCUT2D eigenvalue weighted by molar-refractivity contribution is 7.80. The minimum atomic E-state index is 0.0276. The van der Waals surface area contributed by atoms with Crippen LogP contribution < -0.4 is 11.1 Å². The summed E-state index contributed by atoms with van der Waals surface area (Å²) in [7, 11) is 0. The Balaban J connectivity index is 2.41. The van der Waals surface area contributed by atoms with Crippen LogP contribution in [0.25, 0.3) is 0 Å². The molecule has 0 saturated carbocycles. The molecular formula is C9H17N3OS. The quantitative estimate of drug-likeness (QED) is 0.644. The summed E-state index contributed by atoms with van der Waals surface area (Å²) in [6.45, 7) is 5.33. The lowest BCUT2D eigenvalue weighted by atomic mass is 10.2. The highest BCUT2D eigenvalue weighted by Gasteiger charge is 2.27. The SMILES string of the molecule is CC(=O)NC1CCN(C(C)C(N)=S)C1. The van der Waals surface area contributed by atoms with Gasteiger partial charge in [0.2, 0.25) is 5.91 Å². The van der Waals surface area contributed by atoms with Crippen LogP contribution in [0.4, 0.5) is 0 Å². The standard InChI is InChI=1S/C9H17N3OS/c1-6(9(10)14)12-4-3-8(5-12)11-7(2)13/h6,8H,3-5H2,1-2H3,(H2,10,14)(H,11,13). The van der Waals surface area contributed by atoms with Crippen LogP contribution in [0.3, 0.4) is 0 Å². The second-order valence-corrected chi connectivity index (χ2v) is 4.23. The van der Waals surface area contributed by atoms with Gasteiger partial charge in [-0.2, -0.15) is 0 Å². The van der Waals surface area contributed by atoms with E-state index >= 15 is 0 Å². The van der Waals surface area contributed by atoms with Crippen molar-refractivity contribution in [2.75, 3.05) is 13.1 Å². The molecule has 3 N–H and O–H groups in total. The zero-order chi connectivity index (χ0) is 10.7. The number of amides is 1. The fourth-order valence-corrected chi connectivity index (χ4v) is 1.87. The molecule has 4 nitrogen and oxygen atoms in total. The molecule has 1 fully saturated rings. The molecule has 2 unspecified atom stereocenters. The van der Waals surface area contributed by atoms with Crippen LogP contribution >= 0.6 is 12.2 Å². The highest BCUT2D eigenvalue weighted by atomic mass is 32.1. The van der Waals surface area contributed by atoms with E-state index in [1.165, 1.54) is 0 Å². The van der Waals surface area contributed by atoms with E-state index in [1.807, 2.05) is 6.92 Å². The summed E-state index contributed by atoms with van der Waals surface area (Å²) >= 11 is 4.93. The Kier molecular flexibility index (Phi) is 3.83. The Labute approximate surface area is 89.8 Å². The molecule has 0 aromatic rings. The topological polar surface area (TPSA) is 58.4 Å². The average molecular weight is 215 g/mol. The van der Waals surface area contributed by atoms with Crippen LogP contribution in [0.2, 0.25) is 0 Å². The van der Waals surface area contributed by atoms with Gasteiger partial charge in [-0.1, -0.05) is 12.2 Å². The predicted octanol–water partition coefficient (Wildman–Crippen LogP) is -0.129. The summed E-state index contributed by atoms with van der Waals surface area (Å²) in [5.74, 6) is 0.0276. The second kappa shape index (κ2) is 4.70. The molecule has 0 aliphatic carbocycles. The largest absolute Gasteiger partial charge is 0.392 e. The molecule has 0 aromatic heterocycles. The molecule has 1 rings (SSSR count). The van der Waals surface area contributed by atoms with Crippen molar-refractivity contribution >= 4 is 23.1 Å². The number of rotatable bonds is 3. The summed E-state index contributed by atoms with van der Waals surface area (Å²) in [6, 6.07) is 0.382. The van der Waals surface area contributed by atoms with Gasteiger partial charge in [0.05, 0.1) is 11.0 Å². The summed E-state index contributed by atoms with van der Waals surface area (Å²) in [4.78, 5) is 13.5. The molecule has 0 bridgehead atoms. The van der Waals surface area contributed by atoms with Crippen molar-refractivity contribution in [2.24, 2.45) is 5.73 Å². The van der Waals surface area contributed by atoms with Crippen molar-refractivity contribution in [1.29, 1.82) is 0 Å². The van der Waals surface area contributed by atoms with E-state index in [2.05, 4.69) is 10.2 Å². The van der Waals surface area contributed by atoms with Gasteiger partial charge in [-0.05, 0) is 13.3 Å². The monoisotopic (exact) mass is 215 g/mol. The van der Waals surface area contributed by atoms with Crippen molar-refractivity contribution in [3.05, 3.63) is 0 Å². The van der Waals surface area contributed by atoms with Crippen LogP contribution in [0, 0.1) is 0 Å². The van der Waals surface area contributed by atoms with E-state index in [4.69, 9.17) is 18.0 Å². The predicted molar refractivity (Wildman–Crippen MR) is 60.0 cm³/mol. The maximum absolute atomic E-state index is 10.8. The zero-order valence-corrected chi connectivity index (χ0v) is 9.43. The molecule has 80 valence electrons. The first-order chi connectivity index (χ1) is 6.50. The number of carbonyl (C=O) groups is 1. The number of nitrogens with two attached hydrogens (primary N) is 1. The number of nitrogens with one attached hydrogen (secondary N) is 1. The molecule has 0 radical (unpaired) electrons. The van der Waals surface area contributed by atoms with E-state index < -0.39 is 0 Å². The van der Waals surface area contributed by atoms with Crippen LogP contribution in [0.5, 0.6) is 0 Å². The maximum Gasteiger partial charge on any atom is 0.217 e. The fraction of sp³-hybridized carbons (Fsp3) is 0.778. The first-order valence-corrected chi connectivity index (χ1v) is 5.22. The first kappa shape index (κ1) is 11.4. The molecule has 14 heavy (non-hydrogen) atoms. The van der Waals surface area contributed by atoms with Gasteiger partial charge in [0.25, 0.3) is 0 Å². The van der Waals surface area contributed by atoms with Crippen molar-refractivity contribution in [3.63, 3.8) is 0 Å². The van der Waals surface area contributed by atoms with Gasteiger partial charge < -0.3 is 11.1 Å². The third-order valence-electron chi connectivity index (χ3n) is 2.59. The van der Waals surface area contributed by atoms with Gasteiger partial charge in [-0.25, -0.2) is 0 Å². The zero-order valence-electron chi connectivity index (χ0n) is 8.62. The minimum absolute atomic E-state index is 0.0276. The van der Waals surface area contributed by atoms with Crippen molar-refractivity contribution in [2.45, 2.75) is 32.4 Å². The molecule has 1 aliphatic heterocycles. The molecule has 1 heterocycles. The van der Waals surface area contributed by atoms with E-state index in [0.29, 0.717) is 4.99 Å². The van der Waals surface area contributed by atoms with E-state index in [9.17, 15) is 4.79 Å². The van der Waals surface area contributed by atoms with Crippen LogP contribution in [0.15, 0.2) is 0 Å². The van der Waals surface area contributed by atoms with E-state index in [1.54, 1.807) is 6.92 Å². The van der Waals surface area contributed by atoms with Gasteiger partial charge in [0.1, 0.15) is 0 Å². The lowest BCUT2D eigenvalue weighted by Crippen LogP contribution is -2.42. The van der Waals surface area contributed by atoms with E-state index in [-0.39, 0.29) is 18.0 Å². The highest BCUT2D eigenvalue weighted by Crippen LogP contribution is 2.12. The summed E-state index contributed by atoms with van der Waals surface area (Å²) in [5, 5.41) is 2.90. The second-order valence-electron chi connectivity index (χ2n) is 3.76. The number of likely N-dealkylation sites (tertiary alicyclic amines) is 1. The van der Waals surface area contributed by atoms with Gasteiger partial charge in [-0.15, -0.1) is 0 Å². The Morgan fingerprint density at radius 2 is 2.36 bits per heavy atom. The van der Waals surface area contributed by atoms with Crippen LogP contribution in [0.1, 0.15) is 20.3 Å². The lowest BCUT2D eigenvalue weighted by molar-refractivity contribution is -0.119. The molecule has 0 spiro atoms. The summed E-state index contributed by atoms with van der Waals surface area (Å²) in [5.41, 5.74) is 5.56. The third-order valence-corrected chi connectivity index (χ3v) is 2.93. The van der Waals surface area contributed by atoms with Crippen LogP contribution in [-0.2, 0) is 4.79 Å². The van der Waals surface area contributed by atoms with Gasteiger partial charge in [0.15, 0.2) is 0 Å². The molecule has 5 heteroatoms. The number of hydrogen-bond donors (Lipinski definition) is 2. The van der Waals surface area contributed by atoms with Crippen molar-refractivity contribution in [3.8, 4) is 0 Å². The number of nitrogens with zero attached hydrogens (tertiary/aromatic N) is 1. The molecule has 1 saturated heterocycles. The Morgan fingerprint density at radius 1 is 1.71 bits per heavy atom. The van der Waals surface area contributed by atoms with Gasteiger partial charge in [0, 0.05) is 26.1 Å². The summed E-state index contributed by atoms with van der Waals surface area (Å²) < 4.78 is 0. The van der Waals surface area contributed by atoms with Crippen LogP contribution in [-0.4, -0.2) is 41.0 Å². The fourth-order valence-electron chi connectivity index (χ4n) is 1.72. The maximum atomic E-state index is 10.8. The van der Waals surface area contributed by atoms with Crippen molar-refractivity contribution in [1.82, 2.24) is 10.2 Å². The molecular weight excluding hydrogens is 198 g/mol. The third kappa shape index (κ3) is 2.92. The first-order valence-electron chi connectivity index (χ1n) is 4.81. The number of hydrogen-bond acceptors (Lipinski definition) is 3. The Hall–Kier alpha value is -0.680. The molecule has 1 amide bonds. The Bertz CT molecular complexity index is 244. The van der Waals surface area contributed by atoms with E-state index in [0.717, 1.165) is 19.5 Å². The van der Waals surface area contributed by atoms with Crippen molar-refractivity contribution < 1.29 is 4.79 Å². The van der Waals surface area contributed by atoms with Gasteiger partial charge >= 0.3 is 0 Å². The number of carbonyl (C=O) groups excluding carboxylic acids is 1. The number of thiocarbonyl (C=S) groups is 1. The summed E-state index contributed by atoms with van der Waals surface area (Å²) in [6.07, 6.45) is 0.979. The normalized spacial score (nSPS) is 24.6. The Morgan fingerprint density at radius 3 is 2.86 bits per heavy atom. The molecule has 1 aliphatic rings. The lowest BCUT2D eigenvalue weighted by Gasteiger charge is -2.22. The smallest absolute Gasteiger partial charge is 0.217 e. The minimum Gasteiger partial charge on any atom is -0.392 e. The van der Waals surface area contributed by atoms with Gasteiger partial charge in [-0.3, -0.25) is 9.69 Å².